The van der Waals surface area contributed by atoms with Crippen LogP contribution in [0.4, 0.5) is 0 Å². The van der Waals surface area contributed by atoms with Crippen molar-refractivity contribution in [1.29, 1.82) is 0 Å². The zero-order chi connectivity index (χ0) is 17.1. The molecule has 126 valence electrons. The van der Waals surface area contributed by atoms with E-state index in [1.54, 1.807) is 34.3 Å². The van der Waals surface area contributed by atoms with Gasteiger partial charge in [0.25, 0.3) is 11.7 Å². The zero-order valence-corrected chi connectivity index (χ0v) is 13.9. The molecule has 1 aliphatic heterocycles. The van der Waals surface area contributed by atoms with Crippen LogP contribution in [0.2, 0.25) is 0 Å². The number of nitrogens with zero attached hydrogens (tertiary/aromatic N) is 2. The molecule has 3 heterocycles. The molecule has 3 rings (SSSR count). The average molecular weight is 348 g/mol. The lowest BCUT2D eigenvalue weighted by Gasteiger charge is -2.26. The van der Waals surface area contributed by atoms with E-state index in [1.165, 1.54) is 23.3 Å². The van der Waals surface area contributed by atoms with Crippen molar-refractivity contribution in [1.82, 2.24) is 9.47 Å². The SMILES string of the molecule is COC(=O)c1sccc1-n1cccc1C(=O)C(=O)N1CCOCC1. The highest BCUT2D eigenvalue weighted by Crippen LogP contribution is 2.24. The van der Waals surface area contributed by atoms with Gasteiger partial charge in [-0.3, -0.25) is 9.59 Å². The fraction of sp³-hybridized carbons (Fsp3) is 0.312. The van der Waals surface area contributed by atoms with Gasteiger partial charge in [0.2, 0.25) is 0 Å². The van der Waals surface area contributed by atoms with Gasteiger partial charge in [0.15, 0.2) is 0 Å². The Balaban J connectivity index is 1.90. The van der Waals surface area contributed by atoms with Gasteiger partial charge in [0.1, 0.15) is 4.88 Å². The van der Waals surface area contributed by atoms with E-state index in [4.69, 9.17) is 9.47 Å². The van der Waals surface area contributed by atoms with Crippen LogP contribution in [0, 0.1) is 0 Å². The molecule has 0 spiro atoms. The Bertz CT molecular complexity index is 773. The van der Waals surface area contributed by atoms with Gasteiger partial charge in [0, 0.05) is 19.3 Å². The lowest BCUT2D eigenvalue weighted by atomic mass is 10.2. The van der Waals surface area contributed by atoms with Crippen molar-refractivity contribution in [3.63, 3.8) is 0 Å². The van der Waals surface area contributed by atoms with Crippen molar-refractivity contribution < 1.29 is 23.9 Å². The molecule has 0 saturated carbocycles. The second-order valence-corrected chi connectivity index (χ2v) is 6.04. The van der Waals surface area contributed by atoms with Gasteiger partial charge in [-0.05, 0) is 23.6 Å². The monoisotopic (exact) mass is 348 g/mol. The molecule has 0 aliphatic carbocycles. The van der Waals surface area contributed by atoms with Crippen LogP contribution in [0.15, 0.2) is 29.8 Å². The second-order valence-electron chi connectivity index (χ2n) is 5.12. The number of thiophene rings is 1. The van der Waals surface area contributed by atoms with Crippen molar-refractivity contribution >= 4 is 29.0 Å². The van der Waals surface area contributed by atoms with E-state index >= 15 is 0 Å². The quantitative estimate of drug-likeness (QED) is 0.474. The van der Waals surface area contributed by atoms with Crippen molar-refractivity contribution in [3.8, 4) is 5.69 Å². The van der Waals surface area contributed by atoms with Crippen LogP contribution >= 0.6 is 11.3 Å². The van der Waals surface area contributed by atoms with Crippen LogP contribution in [-0.2, 0) is 14.3 Å². The minimum absolute atomic E-state index is 0.218. The lowest BCUT2D eigenvalue weighted by molar-refractivity contribution is -0.130. The number of ether oxygens (including phenoxy) is 2. The maximum absolute atomic E-state index is 12.6. The molecular formula is C16H16N2O5S. The predicted octanol–water partition coefficient (Wildman–Crippen LogP) is 1.37. The van der Waals surface area contributed by atoms with Crippen LogP contribution in [0.1, 0.15) is 20.2 Å². The molecule has 0 bridgehead atoms. The Morgan fingerprint density at radius 2 is 1.96 bits per heavy atom. The average Bonchev–Trinajstić information content (AvgIpc) is 3.29. The third-order valence-electron chi connectivity index (χ3n) is 3.75. The highest BCUT2D eigenvalue weighted by Gasteiger charge is 2.28. The van der Waals surface area contributed by atoms with Crippen LogP contribution < -0.4 is 0 Å². The number of rotatable bonds is 4. The van der Waals surface area contributed by atoms with Gasteiger partial charge in [0.05, 0.1) is 31.7 Å². The van der Waals surface area contributed by atoms with Crippen LogP contribution in [-0.4, -0.2) is 60.5 Å². The third kappa shape index (κ3) is 2.98. The fourth-order valence-electron chi connectivity index (χ4n) is 2.53. The maximum Gasteiger partial charge on any atom is 0.350 e. The molecule has 24 heavy (non-hydrogen) atoms. The predicted molar refractivity (Wildman–Crippen MR) is 86.7 cm³/mol. The van der Waals surface area contributed by atoms with Crippen LogP contribution in [0.5, 0.6) is 0 Å². The first-order chi connectivity index (χ1) is 11.6. The molecule has 0 aromatic carbocycles. The zero-order valence-electron chi connectivity index (χ0n) is 13.1. The lowest BCUT2D eigenvalue weighted by Crippen LogP contribution is -2.44. The van der Waals surface area contributed by atoms with E-state index < -0.39 is 17.7 Å². The smallest absolute Gasteiger partial charge is 0.350 e. The molecule has 7 nitrogen and oxygen atoms in total. The Hall–Kier alpha value is -2.45. The van der Waals surface area contributed by atoms with E-state index in [0.717, 1.165) is 0 Å². The van der Waals surface area contributed by atoms with Gasteiger partial charge >= 0.3 is 5.97 Å². The third-order valence-corrected chi connectivity index (χ3v) is 4.63. The molecule has 1 amide bonds. The summed E-state index contributed by atoms with van der Waals surface area (Å²) in [6, 6.07) is 4.95. The number of ketones is 1. The Kier molecular flexibility index (Phi) is 4.77. The van der Waals surface area contributed by atoms with Crippen molar-refractivity contribution in [2.24, 2.45) is 0 Å². The Labute approximate surface area is 142 Å². The van der Waals surface area contributed by atoms with Gasteiger partial charge in [-0.2, -0.15) is 0 Å². The summed E-state index contributed by atoms with van der Waals surface area (Å²) in [6.07, 6.45) is 1.65. The number of carbonyl (C=O) groups excluding carboxylic acids is 3. The summed E-state index contributed by atoms with van der Waals surface area (Å²) in [6.45, 7) is 1.66. The molecule has 1 fully saturated rings. The summed E-state index contributed by atoms with van der Waals surface area (Å²) in [5.74, 6) is -1.65. The van der Waals surface area contributed by atoms with Crippen molar-refractivity contribution in [2.45, 2.75) is 0 Å². The normalized spacial score (nSPS) is 14.5. The van der Waals surface area contributed by atoms with Crippen molar-refractivity contribution in [2.75, 3.05) is 33.4 Å². The van der Waals surface area contributed by atoms with E-state index in [2.05, 4.69) is 0 Å². The summed E-state index contributed by atoms with van der Waals surface area (Å²) in [4.78, 5) is 38.7. The van der Waals surface area contributed by atoms with E-state index in [-0.39, 0.29) is 5.69 Å². The van der Waals surface area contributed by atoms with Crippen molar-refractivity contribution in [3.05, 3.63) is 40.3 Å². The topological polar surface area (TPSA) is 77.8 Å². The Morgan fingerprint density at radius 1 is 1.21 bits per heavy atom. The molecule has 0 radical (unpaired) electrons. The standard InChI is InChI=1S/C16H16N2O5S/c1-22-16(21)14-12(4-10-24-14)18-5-2-3-11(18)13(19)15(20)17-6-8-23-9-7-17/h2-5,10H,6-9H2,1H3. The Morgan fingerprint density at radius 3 is 2.67 bits per heavy atom. The van der Waals surface area contributed by atoms with Gasteiger partial charge in [-0.15, -0.1) is 11.3 Å². The summed E-state index contributed by atoms with van der Waals surface area (Å²) in [5, 5.41) is 1.74. The maximum atomic E-state index is 12.6. The number of methoxy groups -OCH3 is 1. The molecule has 0 unspecified atom stereocenters. The number of hydrogen-bond donors (Lipinski definition) is 0. The number of morpholine rings is 1. The number of carbonyl (C=O) groups is 3. The summed E-state index contributed by atoms with van der Waals surface area (Å²) in [5.41, 5.74) is 0.741. The van der Waals surface area contributed by atoms with E-state index in [0.29, 0.717) is 36.9 Å². The molecule has 8 heteroatoms. The molecule has 2 aromatic heterocycles. The minimum Gasteiger partial charge on any atom is -0.465 e. The highest BCUT2D eigenvalue weighted by molar-refractivity contribution is 7.12. The number of aromatic nitrogens is 1. The van der Waals surface area contributed by atoms with E-state index in [1.807, 2.05) is 0 Å². The second kappa shape index (κ2) is 6.98. The molecule has 0 N–H and O–H groups in total. The van der Waals surface area contributed by atoms with Crippen LogP contribution in [0.3, 0.4) is 0 Å². The molecule has 0 atom stereocenters. The van der Waals surface area contributed by atoms with Gasteiger partial charge < -0.3 is 18.9 Å². The molecule has 1 aliphatic rings. The van der Waals surface area contributed by atoms with E-state index in [9.17, 15) is 14.4 Å². The first kappa shape index (κ1) is 16.4. The molecular weight excluding hydrogens is 332 g/mol. The van der Waals surface area contributed by atoms with Gasteiger partial charge in [-0.25, -0.2) is 4.79 Å². The van der Waals surface area contributed by atoms with Gasteiger partial charge in [-0.1, -0.05) is 0 Å². The summed E-state index contributed by atoms with van der Waals surface area (Å²) in [7, 11) is 1.30. The van der Waals surface area contributed by atoms with Crippen LogP contribution in [0.25, 0.3) is 5.69 Å². The number of hydrogen-bond acceptors (Lipinski definition) is 6. The largest absolute Gasteiger partial charge is 0.465 e. The fourth-order valence-corrected chi connectivity index (χ4v) is 3.33. The molecule has 2 aromatic rings. The first-order valence-electron chi connectivity index (χ1n) is 7.38. The minimum atomic E-state index is -0.607. The molecule has 1 saturated heterocycles. The highest BCUT2D eigenvalue weighted by atomic mass is 32.1. The number of amides is 1. The summed E-state index contributed by atoms with van der Waals surface area (Å²) >= 11 is 1.22. The number of esters is 1. The first-order valence-corrected chi connectivity index (χ1v) is 8.26. The summed E-state index contributed by atoms with van der Waals surface area (Å²) < 4.78 is 11.5. The number of Topliss-reactive ketones (excluding diaryl/α,β-unsaturated/α-hetero) is 1.